The summed E-state index contributed by atoms with van der Waals surface area (Å²) < 4.78 is 2.41. The zero-order chi connectivity index (χ0) is 14.8. The van der Waals surface area contributed by atoms with Crippen LogP contribution in [-0.2, 0) is 0 Å². The second-order valence-corrected chi connectivity index (χ2v) is 6.04. The van der Waals surface area contributed by atoms with E-state index < -0.39 is 0 Å². The van der Waals surface area contributed by atoms with E-state index in [0.717, 1.165) is 9.21 Å². The molecule has 0 bridgehead atoms. The summed E-state index contributed by atoms with van der Waals surface area (Å²) in [7, 11) is 0. The van der Waals surface area contributed by atoms with Crippen LogP contribution in [0.1, 0.15) is 17.8 Å². The maximum absolute atomic E-state index is 5.94. The van der Waals surface area contributed by atoms with Gasteiger partial charge in [-0.15, -0.1) is 11.3 Å². The van der Waals surface area contributed by atoms with Crippen LogP contribution in [0.5, 0.6) is 0 Å². The Balaban J connectivity index is 1.85. The summed E-state index contributed by atoms with van der Waals surface area (Å²) in [5.41, 5.74) is 5.73. The molecule has 0 aliphatic heterocycles. The summed E-state index contributed by atoms with van der Waals surface area (Å²) in [6, 6.07) is 3.84. The first kappa shape index (κ1) is 13.8. The van der Waals surface area contributed by atoms with Crippen LogP contribution in [0, 0.1) is 0 Å². The molecular weight excluding hydrogens is 310 g/mol. The number of nitrogens with two attached hydrogens (primary N) is 1. The van der Waals surface area contributed by atoms with Gasteiger partial charge in [0.2, 0.25) is 17.8 Å². The molecule has 0 amide bonds. The third kappa shape index (κ3) is 3.11. The van der Waals surface area contributed by atoms with Gasteiger partial charge in [0.05, 0.1) is 10.4 Å². The highest BCUT2D eigenvalue weighted by Gasteiger charge is 2.12. The summed E-state index contributed by atoms with van der Waals surface area (Å²) >= 11 is 7.45. The van der Waals surface area contributed by atoms with E-state index in [0.29, 0.717) is 11.9 Å². The second kappa shape index (κ2) is 5.66. The molecule has 3 aromatic heterocycles. The number of imidazole rings is 1. The highest BCUT2D eigenvalue weighted by atomic mass is 35.5. The molecule has 0 aromatic carbocycles. The van der Waals surface area contributed by atoms with Crippen LogP contribution < -0.4 is 11.1 Å². The fourth-order valence-corrected chi connectivity index (χ4v) is 2.83. The molecule has 0 saturated heterocycles. The quantitative estimate of drug-likeness (QED) is 0.766. The molecule has 9 heteroatoms. The predicted octanol–water partition coefficient (Wildman–Crippen LogP) is 2.53. The molecule has 0 aliphatic rings. The van der Waals surface area contributed by atoms with Crippen molar-refractivity contribution in [2.75, 3.05) is 11.1 Å². The zero-order valence-electron chi connectivity index (χ0n) is 11.1. The Morgan fingerprint density at radius 3 is 2.86 bits per heavy atom. The predicted molar refractivity (Wildman–Crippen MR) is 82.7 cm³/mol. The van der Waals surface area contributed by atoms with Crippen LogP contribution in [0.2, 0.25) is 4.34 Å². The normalized spacial score (nSPS) is 12.3. The van der Waals surface area contributed by atoms with Gasteiger partial charge in [0.1, 0.15) is 6.33 Å². The molecular formula is C12H12ClN7S. The van der Waals surface area contributed by atoms with Gasteiger partial charge in [-0.05, 0) is 19.1 Å². The Morgan fingerprint density at radius 2 is 2.19 bits per heavy atom. The molecule has 0 saturated carbocycles. The summed E-state index contributed by atoms with van der Waals surface area (Å²) in [6.45, 7) is 2.00. The summed E-state index contributed by atoms with van der Waals surface area (Å²) in [5, 5.41) is 3.19. The minimum atomic E-state index is 0.0138. The molecule has 3 heterocycles. The number of hydrogen-bond acceptors (Lipinski definition) is 7. The van der Waals surface area contributed by atoms with Gasteiger partial charge < -0.3 is 11.1 Å². The van der Waals surface area contributed by atoms with Crippen molar-refractivity contribution in [2.45, 2.75) is 13.0 Å². The Morgan fingerprint density at radius 1 is 1.33 bits per heavy atom. The number of rotatable bonds is 4. The van der Waals surface area contributed by atoms with Crippen molar-refractivity contribution >= 4 is 34.8 Å². The standard InChI is InChI=1S/C12H12ClN7S/c1-7(8-2-3-9(13)21-8)16-11-17-10(14)18-12(19-11)20-5-4-15-6-20/h2-7H,1H3,(H3,14,16,17,18,19). The Labute approximate surface area is 129 Å². The van der Waals surface area contributed by atoms with E-state index in [4.69, 9.17) is 17.3 Å². The van der Waals surface area contributed by atoms with Crippen LogP contribution in [-0.4, -0.2) is 24.5 Å². The van der Waals surface area contributed by atoms with Crippen molar-refractivity contribution in [3.05, 3.63) is 40.1 Å². The third-order valence-electron chi connectivity index (χ3n) is 2.74. The fourth-order valence-electron chi connectivity index (χ4n) is 1.76. The van der Waals surface area contributed by atoms with Crippen molar-refractivity contribution in [3.63, 3.8) is 0 Å². The van der Waals surface area contributed by atoms with Gasteiger partial charge in [0.25, 0.3) is 0 Å². The van der Waals surface area contributed by atoms with E-state index in [9.17, 15) is 0 Å². The van der Waals surface area contributed by atoms with Crippen molar-refractivity contribution in [3.8, 4) is 5.95 Å². The lowest BCUT2D eigenvalue weighted by atomic mass is 10.3. The first-order valence-electron chi connectivity index (χ1n) is 6.13. The number of aromatic nitrogens is 5. The molecule has 108 valence electrons. The number of nitrogens with zero attached hydrogens (tertiary/aromatic N) is 5. The Kier molecular flexibility index (Phi) is 3.72. The van der Waals surface area contributed by atoms with Gasteiger partial charge in [-0.1, -0.05) is 11.6 Å². The minimum Gasteiger partial charge on any atom is -0.368 e. The molecule has 3 rings (SSSR count). The number of anilines is 2. The molecule has 3 N–H and O–H groups in total. The molecule has 1 unspecified atom stereocenters. The topological polar surface area (TPSA) is 94.5 Å². The average molecular weight is 322 g/mol. The van der Waals surface area contributed by atoms with Gasteiger partial charge in [0, 0.05) is 17.3 Å². The molecule has 3 aromatic rings. The lowest BCUT2D eigenvalue weighted by Gasteiger charge is -2.12. The van der Waals surface area contributed by atoms with Crippen LogP contribution in [0.25, 0.3) is 5.95 Å². The van der Waals surface area contributed by atoms with E-state index in [1.807, 2.05) is 19.1 Å². The van der Waals surface area contributed by atoms with E-state index >= 15 is 0 Å². The SMILES string of the molecule is CC(Nc1nc(N)nc(-n2ccnc2)n1)c1ccc(Cl)s1. The number of halogens is 1. The maximum atomic E-state index is 5.94. The highest BCUT2D eigenvalue weighted by molar-refractivity contribution is 7.16. The first-order chi connectivity index (χ1) is 10.1. The number of nitrogens with one attached hydrogen (secondary N) is 1. The number of nitrogen functional groups attached to an aromatic ring is 1. The van der Waals surface area contributed by atoms with Crippen molar-refractivity contribution in [1.29, 1.82) is 0 Å². The zero-order valence-corrected chi connectivity index (χ0v) is 12.6. The maximum Gasteiger partial charge on any atom is 0.241 e. The van der Waals surface area contributed by atoms with Gasteiger partial charge in [0.15, 0.2) is 0 Å². The van der Waals surface area contributed by atoms with Crippen LogP contribution in [0.4, 0.5) is 11.9 Å². The summed E-state index contributed by atoms with van der Waals surface area (Å²) in [4.78, 5) is 17.6. The molecule has 0 aliphatic carbocycles. The fraction of sp³-hybridized carbons (Fsp3) is 0.167. The lowest BCUT2D eigenvalue weighted by molar-refractivity contribution is 0.849. The number of thiophene rings is 1. The third-order valence-corrected chi connectivity index (χ3v) is 4.16. The number of hydrogen-bond donors (Lipinski definition) is 2. The molecule has 21 heavy (non-hydrogen) atoms. The van der Waals surface area contributed by atoms with Crippen molar-refractivity contribution in [1.82, 2.24) is 24.5 Å². The molecule has 7 nitrogen and oxygen atoms in total. The largest absolute Gasteiger partial charge is 0.368 e. The van der Waals surface area contributed by atoms with E-state index in [1.54, 1.807) is 23.3 Å². The van der Waals surface area contributed by atoms with Crippen LogP contribution in [0.15, 0.2) is 30.9 Å². The van der Waals surface area contributed by atoms with Crippen LogP contribution in [0.3, 0.4) is 0 Å². The van der Waals surface area contributed by atoms with Crippen molar-refractivity contribution in [2.24, 2.45) is 0 Å². The van der Waals surface area contributed by atoms with Crippen LogP contribution >= 0.6 is 22.9 Å². The second-order valence-electron chi connectivity index (χ2n) is 4.30. The van der Waals surface area contributed by atoms with E-state index in [-0.39, 0.29) is 12.0 Å². The van der Waals surface area contributed by atoms with Gasteiger partial charge in [-0.25, -0.2) is 4.98 Å². The van der Waals surface area contributed by atoms with E-state index in [2.05, 4.69) is 25.3 Å². The minimum absolute atomic E-state index is 0.0138. The molecule has 1 atom stereocenters. The first-order valence-corrected chi connectivity index (χ1v) is 7.33. The average Bonchev–Trinajstić information content (AvgIpc) is 3.08. The smallest absolute Gasteiger partial charge is 0.241 e. The van der Waals surface area contributed by atoms with Gasteiger partial charge >= 0.3 is 0 Å². The summed E-state index contributed by atoms with van der Waals surface area (Å²) in [5.74, 6) is 0.967. The van der Waals surface area contributed by atoms with Gasteiger partial charge in [-0.2, -0.15) is 15.0 Å². The van der Waals surface area contributed by atoms with E-state index in [1.165, 1.54) is 11.3 Å². The molecule has 0 fully saturated rings. The molecule has 0 radical (unpaired) electrons. The van der Waals surface area contributed by atoms with Crippen molar-refractivity contribution < 1.29 is 0 Å². The lowest BCUT2D eigenvalue weighted by Crippen LogP contribution is -2.12. The highest BCUT2D eigenvalue weighted by Crippen LogP contribution is 2.28. The van der Waals surface area contributed by atoms with Gasteiger partial charge in [-0.3, -0.25) is 4.57 Å². The molecule has 0 spiro atoms. The Bertz CT molecular complexity index is 740. The summed E-state index contributed by atoms with van der Waals surface area (Å²) in [6.07, 6.45) is 4.98. The Hall–Kier alpha value is -2.19. The monoisotopic (exact) mass is 321 g/mol.